The SMILES string of the molecule is CCC(CCO)CNCc1ccc(Br)c(F)c1. The fraction of sp³-hybridized carbons (Fsp3) is 0.538. The zero-order valence-electron chi connectivity index (χ0n) is 10.0. The quantitative estimate of drug-likeness (QED) is 0.811. The predicted octanol–water partition coefficient (Wildman–Crippen LogP) is 3.09. The van der Waals surface area contributed by atoms with E-state index in [1.54, 1.807) is 6.07 Å². The van der Waals surface area contributed by atoms with Crippen molar-refractivity contribution in [1.82, 2.24) is 5.32 Å². The van der Waals surface area contributed by atoms with Gasteiger partial charge in [0.05, 0.1) is 4.47 Å². The first-order chi connectivity index (χ1) is 8.17. The molecule has 1 unspecified atom stereocenters. The molecule has 0 heterocycles. The Morgan fingerprint density at radius 1 is 1.47 bits per heavy atom. The van der Waals surface area contributed by atoms with Gasteiger partial charge in [0, 0.05) is 13.2 Å². The van der Waals surface area contributed by atoms with Crippen molar-refractivity contribution in [3.63, 3.8) is 0 Å². The minimum atomic E-state index is -0.230. The van der Waals surface area contributed by atoms with Gasteiger partial charge in [-0.05, 0) is 52.5 Å². The van der Waals surface area contributed by atoms with Crippen LogP contribution >= 0.6 is 15.9 Å². The molecule has 0 spiro atoms. The molecule has 2 N–H and O–H groups in total. The van der Waals surface area contributed by atoms with Gasteiger partial charge in [-0.3, -0.25) is 0 Å². The molecule has 0 saturated heterocycles. The second-order valence-corrected chi connectivity index (χ2v) is 5.02. The highest BCUT2D eigenvalue weighted by atomic mass is 79.9. The standard InChI is InChI=1S/C13H19BrFNO/c1-2-10(5-6-17)8-16-9-11-3-4-12(14)13(15)7-11/h3-4,7,10,16-17H,2,5-6,8-9H2,1H3. The van der Waals surface area contributed by atoms with Gasteiger partial charge in [0.25, 0.3) is 0 Å². The molecule has 0 fully saturated rings. The summed E-state index contributed by atoms with van der Waals surface area (Å²) in [6.45, 7) is 3.86. The summed E-state index contributed by atoms with van der Waals surface area (Å²) in [6.07, 6.45) is 1.86. The van der Waals surface area contributed by atoms with Crippen LogP contribution in [-0.2, 0) is 6.54 Å². The summed E-state index contributed by atoms with van der Waals surface area (Å²) in [5.74, 6) is 0.256. The van der Waals surface area contributed by atoms with Gasteiger partial charge in [0.2, 0.25) is 0 Å². The molecule has 1 atom stereocenters. The lowest BCUT2D eigenvalue weighted by atomic mass is 10.0. The summed E-state index contributed by atoms with van der Waals surface area (Å²) in [6, 6.07) is 5.15. The Hall–Kier alpha value is -0.450. The molecular formula is C13H19BrFNO. The Labute approximate surface area is 110 Å². The molecule has 1 rings (SSSR count). The number of aliphatic hydroxyl groups is 1. The minimum absolute atomic E-state index is 0.229. The van der Waals surface area contributed by atoms with Gasteiger partial charge in [-0.25, -0.2) is 4.39 Å². The van der Waals surface area contributed by atoms with E-state index < -0.39 is 0 Å². The van der Waals surface area contributed by atoms with Gasteiger partial charge in [-0.1, -0.05) is 19.4 Å². The number of benzene rings is 1. The smallest absolute Gasteiger partial charge is 0.137 e. The van der Waals surface area contributed by atoms with Gasteiger partial charge >= 0.3 is 0 Å². The summed E-state index contributed by atoms with van der Waals surface area (Å²) < 4.78 is 13.7. The second-order valence-electron chi connectivity index (χ2n) is 4.17. The maximum atomic E-state index is 13.2. The lowest BCUT2D eigenvalue weighted by molar-refractivity contribution is 0.251. The van der Waals surface area contributed by atoms with Gasteiger partial charge in [-0.15, -0.1) is 0 Å². The van der Waals surface area contributed by atoms with Gasteiger partial charge in [-0.2, -0.15) is 0 Å². The first kappa shape index (κ1) is 14.6. The lowest BCUT2D eigenvalue weighted by Crippen LogP contribution is -2.22. The average Bonchev–Trinajstić information content (AvgIpc) is 2.32. The highest BCUT2D eigenvalue weighted by Crippen LogP contribution is 2.16. The number of nitrogens with one attached hydrogen (secondary N) is 1. The Morgan fingerprint density at radius 3 is 2.82 bits per heavy atom. The van der Waals surface area contributed by atoms with E-state index in [0.29, 0.717) is 16.9 Å². The van der Waals surface area contributed by atoms with Crippen LogP contribution in [0.4, 0.5) is 4.39 Å². The second kappa shape index (κ2) is 7.80. The molecular weight excluding hydrogens is 285 g/mol. The number of hydrogen-bond acceptors (Lipinski definition) is 2. The molecule has 4 heteroatoms. The zero-order valence-corrected chi connectivity index (χ0v) is 11.6. The van der Waals surface area contributed by atoms with E-state index in [4.69, 9.17) is 5.11 Å². The van der Waals surface area contributed by atoms with Crippen molar-refractivity contribution in [2.45, 2.75) is 26.3 Å². The van der Waals surface area contributed by atoms with Crippen LogP contribution in [0.15, 0.2) is 22.7 Å². The van der Waals surface area contributed by atoms with Crippen molar-refractivity contribution in [2.75, 3.05) is 13.2 Å². The molecule has 96 valence electrons. The predicted molar refractivity (Wildman–Crippen MR) is 71.3 cm³/mol. The van der Waals surface area contributed by atoms with Crippen LogP contribution in [-0.4, -0.2) is 18.3 Å². The third-order valence-electron chi connectivity index (χ3n) is 2.86. The van der Waals surface area contributed by atoms with Crippen LogP contribution in [0.5, 0.6) is 0 Å². The van der Waals surface area contributed by atoms with Gasteiger partial charge in [0.1, 0.15) is 5.82 Å². The maximum absolute atomic E-state index is 13.2. The Balaban J connectivity index is 2.37. The van der Waals surface area contributed by atoms with Crippen LogP contribution in [0.3, 0.4) is 0 Å². The number of rotatable bonds is 7. The topological polar surface area (TPSA) is 32.3 Å². The molecule has 0 saturated carbocycles. The van der Waals surface area contributed by atoms with Crippen molar-refractivity contribution in [1.29, 1.82) is 0 Å². The highest BCUT2D eigenvalue weighted by molar-refractivity contribution is 9.10. The third-order valence-corrected chi connectivity index (χ3v) is 3.50. The molecule has 1 aromatic rings. The number of hydrogen-bond donors (Lipinski definition) is 2. The molecule has 2 nitrogen and oxygen atoms in total. The molecule has 0 aliphatic rings. The zero-order chi connectivity index (χ0) is 12.7. The van der Waals surface area contributed by atoms with Crippen LogP contribution in [0.1, 0.15) is 25.3 Å². The first-order valence-corrected chi connectivity index (χ1v) is 6.72. The minimum Gasteiger partial charge on any atom is -0.396 e. The molecule has 17 heavy (non-hydrogen) atoms. The summed E-state index contributed by atoms with van der Waals surface area (Å²) >= 11 is 3.13. The summed E-state index contributed by atoms with van der Waals surface area (Å²) in [4.78, 5) is 0. The monoisotopic (exact) mass is 303 g/mol. The largest absolute Gasteiger partial charge is 0.396 e. The molecule has 0 aliphatic carbocycles. The van der Waals surface area contributed by atoms with E-state index in [9.17, 15) is 4.39 Å². The molecule has 0 aliphatic heterocycles. The van der Waals surface area contributed by atoms with E-state index in [1.807, 2.05) is 6.07 Å². The van der Waals surface area contributed by atoms with Gasteiger partial charge < -0.3 is 10.4 Å². The normalized spacial score (nSPS) is 12.7. The van der Waals surface area contributed by atoms with E-state index in [0.717, 1.165) is 24.9 Å². The van der Waals surface area contributed by atoms with Crippen LogP contribution in [0.25, 0.3) is 0 Å². The summed E-state index contributed by atoms with van der Waals surface area (Å²) in [7, 11) is 0. The van der Waals surface area contributed by atoms with Crippen molar-refractivity contribution >= 4 is 15.9 Å². The van der Waals surface area contributed by atoms with E-state index in [-0.39, 0.29) is 12.4 Å². The lowest BCUT2D eigenvalue weighted by Gasteiger charge is -2.14. The number of aliphatic hydroxyl groups excluding tert-OH is 1. The molecule has 0 aromatic heterocycles. The van der Waals surface area contributed by atoms with Crippen LogP contribution in [0.2, 0.25) is 0 Å². The van der Waals surface area contributed by atoms with Crippen molar-refractivity contribution in [2.24, 2.45) is 5.92 Å². The Bertz CT molecular complexity index is 346. The molecule has 0 bridgehead atoms. The Morgan fingerprint density at radius 2 is 2.24 bits per heavy atom. The molecule has 0 amide bonds. The van der Waals surface area contributed by atoms with Gasteiger partial charge in [0.15, 0.2) is 0 Å². The van der Waals surface area contributed by atoms with Crippen molar-refractivity contribution in [3.8, 4) is 0 Å². The first-order valence-electron chi connectivity index (χ1n) is 5.92. The molecule has 1 aromatic carbocycles. The summed E-state index contributed by atoms with van der Waals surface area (Å²) in [5, 5.41) is 12.2. The fourth-order valence-corrected chi connectivity index (χ4v) is 1.95. The van der Waals surface area contributed by atoms with E-state index in [2.05, 4.69) is 28.2 Å². The van der Waals surface area contributed by atoms with Crippen molar-refractivity contribution < 1.29 is 9.50 Å². The van der Waals surface area contributed by atoms with E-state index in [1.165, 1.54) is 6.07 Å². The van der Waals surface area contributed by atoms with Crippen LogP contribution < -0.4 is 5.32 Å². The van der Waals surface area contributed by atoms with Crippen molar-refractivity contribution in [3.05, 3.63) is 34.1 Å². The van der Waals surface area contributed by atoms with Crippen LogP contribution in [0, 0.1) is 11.7 Å². The maximum Gasteiger partial charge on any atom is 0.137 e. The highest BCUT2D eigenvalue weighted by Gasteiger charge is 2.05. The summed E-state index contributed by atoms with van der Waals surface area (Å²) in [5.41, 5.74) is 0.935. The average molecular weight is 304 g/mol. The molecule has 0 radical (unpaired) electrons. The van der Waals surface area contributed by atoms with E-state index >= 15 is 0 Å². The third kappa shape index (κ3) is 5.15. The number of halogens is 2. The fourth-order valence-electron chi connectivity index (χ4n) is 1.70. The Kier molecular flexibility index (Phi) is 6.70.